The summed E-state index contributed by atoms with van der Waals surface area (Å²) in [4.78, 5) is 38.0. The Morgan fingerprint density at radius 2 is 1.88 bits per heavy atom. The van der Waals surface area contributed by atoms with Crippen molar-refractivity contribution >= 4 is 22.9 Å². The Morgan fingerprint density at radius 1 is 1.19 bits per heavy atom. The van der Waals surface area contributed by atoms with Gasteiger partial charge in [-0.15, -0.1) is 0 Å². The van der Waals surface area contributed by atoms with E-state index in [1.807, 2.05) is 31.2 Å². The van der Waals surface area contributed by atoms with Gasteiger partial charge in [0.1, 0.15) is 6.54 Å². The number of imidazole rings is 1. The molecule has 1 aromatic heterocycles. The molecule has 0 unspecified atom stereocenters. The Kier molecular flexibility index (Phi) is 5.44. The Hall–Kier alpha value is -2.57. The van der Waals surface area contributed by atoms with Crippen LogP contribution < -0.4 is 5.69 Å². The van der Waals surface area contributed by atoms with Gasteiger partial charge in [0.2, 0.25) is 5.91 Å². The van der Waals surface area contributed by atoms with Crippen molar-refractivity contribution in [3.8, 4) is 0 Å². The van der Waals surface area contributed by atoms with Crippen LogP contribution in [0.25, 0.3) is 11.0 Å². The van der Waals surface area contributed by atoms with Crippen LogP contribution in [0.5, 0.6) is 0 Å². The molecule has 0 radical (unpaired) electrons. The highest BCUT2D eigenvalue weighted by molar-refractivity contribution is 5.81. The highest BCUT2D eigenvalue weighted by atomic mass is 16.4. The highest BCUT2D eigenvalue weighted by Crippen LogP contribution is 2.21. The Labute approximate surface area is 151 Å². The lowest BCUT2D eigenvalue weighted by molar-refractivity contribution is -0.137. The zero-order chi connectivity index (χ0) is 18.7. The van der Waals surface area contributed by atoms with Crippen LogP contribution in [0.2, 0.25) is 0 Å². The molecular weight excluding hydrogens is 334 g/mol. The molecule has 2 aromatic rings. The van der Waals surface area contributed by atoms with Crippen LogP contribution in [0.3, 0.4) is 0 Å². The van der Waals surface area contributed by atoms with E-state index in [9.17, 15) is 14.4 Å². The van der Waals surface area contributed by atoms with E-state index in [2.05, 4.69) is 0 Å². The van der Waals surface area contributed by atoms with Crippen LogP contribution in [0.1, 0.15) is 32.6 Å². The summed E-state index contributed by atoms with van der Waals surface area (Å²) >= 11 is 0. The van der Waals surface area contributed by atoms with Crippen LogP contribution in [0.15, 0.2) is 29.1 Å². The Morgan fingerprint density at radius 3 is 2.54 bits per heavy atom. The standard InChI is InChI=1S/C19H25N3O4/c1-2-21-15-7-3-4-8-16(15)22(19(21)26)13-17(23)20-11-5-6-14(12-20)9-10-18(24)25/h3-4,7-8,14H,2,5-6,9-13H2,1H3,(H,24,25)/t14-/m0/s1. The molecule has 0 aliphatic carbocycles. The van der Waals surface area contributed by atoms with Crippen LogP contribution in [0.4, 0.5) is 0 Å². The van der Waals surface area contributed by atoms with E-state index < -0.39 is 5.97 Å². The van der Waals surface area contributed by atoms with Gasteiger partial charge in [-0.25, -0.2) is 4.79 Å². The second kappa shape index (κ2) is 7.76. The van der Waals surface area contributed by atoms with Gasteiger partial charge in [-0.05, 0) is 44.2 Å². The molecule has 2 heterocycles. The minimum absolute atomic E-state index is 0.0258. The summed E-state index contributed by atoms with van der Waals surface area (Å²) in [7, 11) is 0. The highest BCUT2D eigenvalue weighted by Gasteiger charge is 2.25. The van der Waals surface area contributed by atoms with Gasteiger partial charge in [0.05, 0.1) is 11.0 Å². The molecule has 1 aromatic carbocycles. The molecule has 7 nitrogen and oxygen atoms in total. The van der Waals surface area contributed by atoms with Gasteiger partial charge in [-0.1, -0.05) is 12.1 Å². The predicted molar refractivity (Wildman–Crippen MR) is 98.0 cm³/mol. The lowest BCUT2D eigenvalue weighted by Crippen LogP contribution is -2.42. The second-order valence-corrected chi connectivity index (χ2v) is 6.88. The summed E-state index contributed by atoms with van der Waals surface area (Å²) in [6, 6.07) is 7.51. The number of carboxylic acids is 1. The van der Waals surface area contributed by atoms with Crippen LogP contribution in [-0.2, 0) is 22.7 Å². The number of piperidine rings is 1. The normalized spacial score (nSPS) is 17.6. The van der Waals surface area contributed by atoms with Crippen molar-refractivity contribution in [2.24, 2.45) is 5.92 Å². The van der Waals surface area contributed by atoms with Crippen molar-refractivity contribution < 1.29 is 14.7 Å². The van der Waals surface area contributed by atoms with Crippen molar-refractivity contribution in [3.05, 3.63) is 34.7 Å². The predicted octanol–water partition coefficient (Wildman–Crippen LogP) is 1.93. The SMILES string of the molecule is CCn1c(=O)n(CC(=O)N2CCC[C@@H](CCC(=O)O)C2)c2ccccc21. The summed E-state index contributed by atoms with van der Waals surface area (Å²) < 4.78 is 3.22. The topological polar surface area (TPSA) is 84.5 Å². The first-order chi connectivity index (χ1) is 12.5. The molecule has 1 atom stereocenters. The molecule has 1 amide bonds. The largest absolute Gasteiger partial charge is 0.481 e. The van der Waals surface area contributed by atoms with Crippen molar-refractivity contribution in [3.63, 3.8) is 0 Å². The fraction of sp³-hybridized carbons (Fsp3) is 0.526. The molecular formula is C19H25N3O4. The average Bonchev–Trinajstić information content (AvgIpc) is 2.91. The second-order valence-electron chi connectivity index (χ2n) is 6.88. The number of carbonyl (C=O) groups is 2. The maximum atomic E-state index is 12.8. The quantitative estimate of drug-likeness (QED) is 0.854. The molecule has 3 rings (SSSR count). The number of aliphatic carboxylic acids is 1. The first-order valence-electron chi connectivity index (χ1n) is 9.19. The van der Waals surface area contributed by atoms with E-state index in [-0.39, 0.29) is 30.5 Å². The van der Waals surface area contributed by atoms with Crippen LogP contribution in [0, 0.1) is 5.92 Å². The van der Waals surface area contributed by atoms with E-state index >= 15 is 0 Å². The third-order valence-electron chi connectivity index (χ3n) is 5.17. The molecule has 0 spiro atoms. The Balaban J connectivity index is 1.76. The minimum Gasteiger partial charge on any atom is -0.481 e. The Bertz CT molecular complexity index is 867. The molecule has 0 bridgehead atoms. The van der Waals surface area contributed by atoms with Crippen molar-refractivity contribution in [1.82, 2.24) is 14.0 Å². The molecule has 1 N–H and O–H groups in total. The van der Waals surface area contributed by atoms with Gasteiger partial charge >= 0.3 is 11.7 Å². The number of aryl methyl sites for hydroxylation is 1. The monoisotopic (exact) mass is 359 g/mol. The number of nitrogens with zero attached hydrogens (tertiary/aromatic N) is 3. The van der Waals surface area contributed by atoms with Gasteiger partial charge in [0, 0.05) is 26.1 Å². The third kappa shape index (κ3) is 3.66. The average molecular weight is 359 g/mol. The van der Waals surface area contributed by atoms with Crippen molar-refractivity contribution in [2.45, 2.75) is 45.7 Å². The summed E-state index contributed by atoms with van der Waals surface area (Å²) in [5.74, 6) is -0.656. The zero-order valence-corrected chi connectivity index (χ0v) is 15.1. The van der Waals surface area contributed by atoms with Crippen LogP contribution >= 0.6 is 0 Å². The van der Waals surface area contributed by atoms with Crippen molar-refractivity contribution in [1.29, 1.82) is 0 Å². The number of rotatable bonds is 6. The number of hydrogen-bond donors (Lipinski definition) is 1. The number of benzene rings is 1. The van der Waals surface area contributed by atoms with E-state index in [4.69, 9.17) is 5.11 Å². The molecule has 0 saturated carbocycles. The molecule has 1 saturated heterocycles. The summed E-state index contributed by atoms with van der Waals surface area (Å²) in [6.45, 7) is 3.74. The number of para-hydroxylation sites is 2. The molecule has 7 heteroatoms. The zero-order valence-electron chi connectivity index (χ0n) is 15.1. The van der Waals surface area contributed by atoms with Gasteiger partial charge in [-0.3, -0.25) is 18.7 Å². The first kappa shape index (κ1) is 18.2. The summed E-state index contributed by atoms with van der Waals surface area (Å²) in [5.41, 5.74) is 1.44. The summed E-state index contributed by atoms with van der Waals surface area (Å²) in [5, 5.41) is 8.85. The number of hydrogen-bond acceptors (Lipinski definition) is 3. The van der Waals surface area contributed by atoms with E-state index in [0.717, 1.165) is 23.9 Å². The maximum absolute atomic E-state index is 12.8. The fourth-order valence-corrected chi connectivity index (χ4v) is 3.82. The number of likely N-dealkylation sites (tertiary alicyclic amines) is 1. The number of amides is 1. The lowest BCUT2D eigenvalue weighted by Gasteiger charge is -2.32. The molecule has 140 valence electrons. The third-order valence-corrected chi connectivity index (χ3v) is 5.17. The van der Waals surface area contributed by atoms with Gasteiger partial charge in [-0.2, -0.15) is 0 Å². The van der Waals surface area contributed by atoms with E-state index in [1.54, 1.807) is 14.0 Å². The summed E-state index contributed by atoms with van der Waals surface area (Å²) in [6.07, 6.45) is 2.55. The van der Waals surface area contributed by atoms with Gasteiger partial charge < -0.3 is 10.0 Å². The number of carboxylic acid groups (broad SMARTS) is 1. The number of carbonyl (C=O) groups excluding carboxylic acids is 1. The first-order valence-corrected chi connectivity index (χ1v) is 9.19. The van der Waals surface area contributed by atoms with Crippen LogP contribution in [-0.4, -0.2) is 44.1 Å². The maximum Gasteiger partial charge on any atom is 0.329 e. The molecule has 1 aliphatic rings. The molecule has 1 fully saturated rings. The number of aromatic nitrogens is 2. The fourth-order valence-electron chi connectivity index (χ4n) is 3.82. The smallest absolute Gasteiger partial charge is 0.329 e. The lowest BCUT2D eigenvalue weighted by atomic mass is 9.93. The number of fused-ring (bicyclic) bond motifs is 1. The van der Waals surface area contributed by atoms with Crippen molar-refractivity contribution in [2.75, 3.05) is 13.1 Å². The molecule has 1 aliphatic heterocycles. The van der Waals surface area contributed by atoms with E-state index in [0.29, 0.717) is 26.1 Å². The van der Waals surface area contributed by atoms with E-state index in [1.165, 1.54) is 0 Å². The van der Waals surface area contributed by atoms with Gasteiger partial charge in [0.15, 0.2) is 0 Å². The van der Waals surface area contributed by atoms with Gasteiger partial charge in [0.25, 0.3) is 0 Å². The molecule has 26 heavy (non-hydrogen) atoms. The minimum atomic E-state index is -0.799.